The van der Waals surface area contributed by atoms with Gasteiger partial charge in [-0.25, -0.2) is 0 Å². The van der Waals surface area contributed by atoms with E-state index in [1.165, 1.54) is 0 Å². The van der Waals surface area contributed by atoms with Crippen molar-refractivity contribution < 1.29 is 14.3 Å². The Balaban J connectivity index is 1.49. The number of amides is 2. The van der Waals surface area contributed by atoms with E-state index in [2.05, 4.69) is 5.10 Å². The highest BCUT2D eigenvalue weighted by molar-refractivity contribution is 5.80. The smallest absolute Gasteiger partial charge is 0.227 e. The Morgan fingerprint density at radius 1 is 1.38 bits per heavy atom. The van der Waals surface area contributed by atoms with Crippen LogP contribution in [-0.4, -0.2) is 71.3 Å². The number of rotatable bonds is 7. The zero-order chi connectivity index (χ0) is 18.6. The summed E-state index contributed by atoms with van der Waals surface area (Å²) in [5.74, 6) is 0.365. The Morgan fingerprint density at radius 2 is 2.15 bits per heavy atom. The van der Waals surface area contributed by atoms with Gasteiger partial charge in [0.1, 0.15) is 0 Å². The van der Waals surface area contributed by atoms with E-state index >= 15 is 0 Å². The molecule has 2 amide bonds. The summed E-state index contributed by atoms with van der Waals surface area (Å²) in [7, 11) is 1.69. The highest BCUT2D eigenvalue weighted by atomic mass is 16.5. The molecule has 1 unspecified atom stereocenters. The number of hydrogen-bond donors (Lipinski definition) is 0. The van der Waals surface area contributed by atoms with Crippen LogP contribution in [0.5, 0.6) is 0 Å². The predicted molar refractivity (Wildman–Crippen MR) is 97.3 cm³/mol. The van der Waals surface area contributed by atoms with Crippen LogP contribution in [0.2, 0.25) is 0 Å². The van der Waals surface area contributed by atoms with Crippen LogP contribution in [0.4, 0.5) is 0 Å². The van der Waals surface area contributed by atoms with Crippen LogP contribution >= 0.6 is 0 Å². The van der Waals surface area contributed by atoms with Crippen LogP contribution in [-0.2, 0) is 20.9 Å². The first-order valence-corrected chi connectivity index (χ1v) is 9.56. The van der Waals surface area contributed by atoms with Crippen molar-refractivity contribution in [1.29, 1.82) is 0 Å². The summed E-state index contributed by atoms with van der Waals surface area (Å²) in [6.45, 7) is 6.37. The molecule has 3 heterocycles. The molecule has 0 saturated carbocycles. The largest absolute Gasteiger partial charge is 0.385 e. The summed E-state index contributed by atoms with van der Waals surface area (Å²) < 4.78 is 6.89. The lowest BCUT2D eigenvalue weighted by Crippen LogP contribution is -2.46. The number of methoxy groups -OCH3 is 1. The average molecular weight is 362 g/mol. The minimum atomic E-state index is -0.0836. The number of carbonyl (C=O) groups is 2. The van der Waals surface area contributed by atoms with Crippen molar-refractivity contribution >= 4 is 11.8 Å². The first-order chi connectivity index (χ1) is 12.5. The fourth-order valence-electron chi connectivity index (χ4n) is 4.20. The molecule has 1 spiro atoms. The van der Waals surface area contributed by atoms with E-state index in [1.807, 2.05) is 33.7 Å². The maximum atomic E-state index is 12.7. The molecule has 7 heteroatoms. The second kappa shape index (κ2) is 8.20. The van der Waals surface area contributed by atoms with Gasteiger partial charge in [-0.1, -0.05) is 6.92 Å². The third-order valence-corrected chi connectivity index (χ3v) is 5.76. The number of ether oxygens (including phenoxy) is 1. The van der Waals surface area contributed by atoms with Gasteiger partial charge in [0.15, 0.2) is 0 Å². The van der Waals surface area contributed by atoms with Crippen molar-refractivity contribution in [2.45, 2.75) is 39.2 Å². The molecule has 1 aromatic rings. The number of aromatic nitrogens is 2. The van der Waals surface area contributed by atoms with Crippen LogP contribution in [0, 0.1) is 11.3 Å². The van der Waals surface area contributed by atoms with E-state index in [1.54, 1.807) is 13.3 Å². The number of hydrogen-bond acceptors (Lipinski definition) is 4. The van der Waals surface area contributed by atoms with Crippen LogP contribution in [0.1, 0.15) is 32.6 Å². The summed E-state index contributed by atoms with van der Waals surface area (Å²) in [5, 5.41) is 4.18. The normalized spacial score (nSPS) is 20.8. The summed E-state index contributed by atoms with van der Waals surface area (Å²) in [6, 6.07) is 1.87. The van der Waals surface area contributed by atoms with Crippen molar-refractivity contribution in [2.24, 2.45) is 11.3 Å². The van der Waals surface area contributed by atoms with Gasteiger partial charge in [-0.3, -0.25) is 14.3 Å². The Labute approximate surface area is 155 Å². The SMILES string of the molecule is COCCCN1CC2(CCN(C(=O)C(C)Cn3cccn3)CC2)CC1=O. The lowest BCUT2D eigenvalue weighted by Gasteiger charge is -2.39. The van der Waals surface area contributed by atoms with E-state index < -0.39 is 0 Å². The zero-order valence-corrected chi connectivity index (χ0v) is 15.9. The topological polar surface area (TPSA) is 67.7 Å². The molecular weight excluding hydrogens is 332 g/mol. The standard InChI is InChI=1S/C19H30N4O3/c1-16(14-23-9-3-7-20-23)18(25)21-10-5-19(6-11-21)13-17(24)22(15-19)8-4-12-26-2/h3,7,9,16H,4-6,8,10-15H2,1-2H3. The van der Waals surface area contributed by atoms with Gasteiger partial charge in [0, 0.05) is 64.1 Å². The molecule has 144 valence electrons. The van der Waals surface area contributed by atoms with Gasteiger partial charge >= 0.3 is 0 Å². The van der Waals surface area contributed by atoms with Gasteiger partial charge < -0.3 is 14.5 Å². The van der Waals surface area contributed by atoms with Crippen LogP contribution in [0.25, 0.3) is 0 Å². The van der Waals surface area contributed by atoms with Gasteiger partial charge in [-0.2, -0.15) is 5.10 Å². The minimum absolute atomic E-state index is 0.0617. The van der Waals surface area contributed by atoms with Crippen molar-refractivity contribution in [3.63, 3.8) is 0 Å². The number of nitrogens with zero attached hydrogens (tertiary/aromatic N) is 4. The number of likely N-dealkylation sites (tertiary alicyclic amines) is 2. The van der Waals surface area contributed by atoms with E-state index in [-0.39, 0.29) is 23.1 Å². The Kier molecular flexibility index (Phi) is 5.96. The highest BCUT2D eigenvalue weighted by Crippen LogP contribution is 2.41. The van der Waals surface area contributed by atoms with Crippen LogP contribution < -0.4 is 0 Å². The fraction of sp³-hybridized carbons (Fsp3) is 0.737. The first-order valence-electron chi connectivity index (χ1n) is 9.56. The van der Waals surface area contributed by atoms with Gasteiger partial charge in [0.2, 0.25) is 11.8 Å². The molecule has 0 bridgehead atoms. The molecule has 0 aromatic carbocycles. The second-order valence-electron chi connectivity index (χ2n) is 7.79. The summed E-state index contributed by atoms with van der Waals surface area (Å²) >= 11 is 0. The van der Waals surface area contributed by atoms with E-state index in [0.29, 0.717) is 19.6 Å². The fourth-order valence-corrected chi connectivity index (χ4v) is 4.20. The Hall–Kier alpha value is -1.89. The number of piperidine rings is 1. The van der Waals surface area contributed by atoms with Crippen molar-refractivity contribution in [3.05, 3.63) is 18.5 Å². The molecule has 0 aliphatic carbocycles. The summed E-state index contributed by atoms with van der Waals surface area (Å²) in [4.78, 5) is 29.0. The quantitative estimate of drug-likeness (QED) is 0.688. The molecule has 1 atom stereocenters. The predicted octanol–water partition coefficient (Wildman–Crippen LogP) is 1.40. The molecule has 2 fully saturated rings. The molecule has 2 aliphatic rings. The summed E-state index contributed by atoms with van der Waals surface area (Å²) in [6.07, 6.45) is 6.97. The molecule has 2 saturated heterocycles. The van der Waals surface area contributed by atoms with Gasteiger partial charge in [-0.05, 0) is 25.3 Å². The molecule has 2 aliphatic heterocycles. The van der Waals surface area contributed by atoms with Gasteiger partial charge in [-0.15, -0.1) is 0 Å². The van der Waals surface area contributed by atoms with E-state index in [0.717, 1.165) is 45.4 Å². The summed E-state index contributed by atoms with van der Waals surface area (Å²) in [5.41, 5.74) is 0.0617. The Morgan fingerprint density at radius 3 is 2.81 bits per heavy atom. The maximum absolute atomic E-state index is 12.7. The van der Waals surface area contributed by atoms with Gasteiger partial charge in [0.25, 0.3) is 0 Å². The van der Waals surface area contributed by atoms with E-state index in [9.17, 15) is 9.59 Å². The highest BCUT2D eigenvalue weighted by Gasteiger charge is 2.45. The molecule has 0 radical (unpaired) electrons. The van der Waals surface area contributed by atoms with Crippen molar-refractivity contribution in [2.75, 3.05) is 39.9 Å². The zero-order valence-electron chi connectivity index (χ0n) is 15.9. The van der Waals surface area contributed by atoms with Gasteiger partial charge in [0.05, 0.1) is 12.5 Å². The van der Waals surface area contributed by atoms with Crippen LogP contribution in [0.15, 0.2) is 18.5 Å². The lowest BCUT2D eigenvalue weighted by molar-refractivity contribution is -0.137. The molecule has 0 N–H and O–H groups in total. The first kappa shape index (κ1) is 18.9. The maximum Gasteiger partial charge on any atom is 0.227 e. The minimum Gasteiger partial charge on any atom is -0.385 e. The molecular formula is C19H30N4O3. The Bertz CT molecular complexity index is 608. The monoisotopic (exact) mass is 362 g/mol. The lowest BCUT2D eigenvalue weighted by atomic mass is 9.77. The average Bonchev–Trinajstić information content (AvgIpc) is 3.24. The van der Waals surface area contributed by atoms with Crippen molar-refractivity contribution in [1.82, 2.24) is 19.6 Å². The number of carbonyl (C=O) groups excluding carboxylic acids is 2. The van der Waals surface area contributed by atoms with Crippen LogP contribution in [0.3, 0.4) is 0 Å². The molecule has 7 nitrogen and oxygen atoms in total. The second-order valence-corrected chi connectivity index (χ2v) is 7.79. The third kappa shape index (κ3) is 4.26. The third-order valence-electron chi connectivity index (χ3n) is 5.76. The van der Waals surface area contributed by atoms with Crippen molar-refractivity contribution in [3.8, 4) is 0 Å². The molecule has 3 rings (SSSR count). The van der Waals surface area contributed by atoms with E-state index in [4.69, 9.17) is 4.74 Å². The molecule has 1 aromatic heterocycles. The molecule has 26 heavy (non-hydrogen) atoms.